The van der Waals surface area contributed by atoms with Gasteiger partial charge in [-0.2, -0.15) is 5.10 Å². The van der Waals surface area contributed by atoms with Crippen molar-refractivity contribution in [1.82, 2.24) is 15.1 Å². The van der Waals surface area contributed by atoms with E-state index < -0.39 is 5.97 Å². The molecule has 19 heavy (non-hydrogen) atoms. The van der Waals surface area contributed by atoms with E-state index in [1.165, 1.54) is 5.69 Å². The van der Waals surface area contributed by atoms with Crippen molar-refractivity contribution in [3.63, 3.8) is 0 Å². The zero-order valence-corrected chi connectivity index (χ0v) is 11.7. The van der Waals surface area contributed by atoms with Crippen LogP contribution < -0.4 is 5.32 Å². The molecule has 1 fully saturated rings. The number of carboxylic acid groups (broad SMARTS) is 1. The Morgan fingerprint density at radius 2 is 2.37 bits per heavy atom. The summed E-state index contributed by atoms with van der Waals surface area (Å²) in [6, 6.07) is 2.08. The van der Waals surface area contributed by atoms with Gasteiger partial charge < -0.3 is 10.4 Å². The Hall–Kier alpha value is -1.36. The molecule has 1 aliphatic carbocycles. The van der Waals surface area contributed by atoms with Gasteiger partial charge in [-0.15, -0.1) is 0 Å². The molecule has 0 aliphatic heterocycles. The van der Waals surface area contributed by atoms with Crippen LogP contribution in [0.25, 0.3) is 0 Å². The van der Waals surface area contributed by atoms with Crippen molar-refractivity contribution in [3.8, 4) is 0 Å². The minimum absolute atomic E-state index is 0.162. The van der Waals surface area contributed by atoms with Gasteiger partial charge >= 0.3 is 5.97 Å². The minimum Gasteiger partial charge on any atom is -0.481 e. The van der Waals surface area contributed by atoms with Crippen LogP contribution in [0.5, 0.6) is 0 Å². The highest BCUT2D eigenvalue weighted by atomic mass is 16.4. The molecule has 1 heterocycles. The summed E-state index contributed by atoms with van der Waals surface area (Å²) in [4.78, 5) is 11.1. The van der Waals surface area contributed by atoms with Gasteiger partial charge in [-0.1, -0.05) is 6.42 Å². The largest absolute Gasteiger partial charge is 0.481 e. The zero-order valence-electron chi connectivity index (χ0n) is 11.7. The van der Waals surface area contributed by atoms with Gasteiger partial charge in [0.2, 0.25) is 0 Å². The number of hydrogen-bond donors (Lipinski definition) is 2. The molecule has 0 bridgehead atoms. The molecule has 2 atom stereocenters. The van der Waals surface area contributed by atoms with E-state index in [-0.39, 0.29) is 11.8 Å². The van der Waals surface area contributed by atoms with Crippen molar-refractivity contribution < 1.29 is 9.90 Å². The number of nitrogens with zero attached hydrogens (tertiary/aromatic N) is 2. The predicted octanol–water partition coefficient (Wildman–Crippen LogP) is 1.80. The van der Waals surface area contributed by atoms with E-state index in [0.717, 1.165) is 44.6 Å². The van der Waals surface area contributed by atoms with E-state index >= 15 is 0 Å². The molecule has 1 aromatic heterocycles. The second kappa shape index (κ2) is 6.19. The van der Waals surface area contributed by atoms with Crippen LogP contribution >= 0.6 is 0 Å². The number of hydrogen-bond acceptors (Lipinski definition) is 3. The minimum atomic E-state index is -0.640. The van der Waals surface area contributed by atoms with Crippen LogP contribution in [0.1, 0.15) is 37.6 Å². The van der Waals surface area contributed by atoms with Crippen LogP contribution in [-0.4, -0.2) is 27.4 Å². The highest BCUT2D eigenvalue weighted by Crippen LogP contribution is 2.31. The summed E-state index contributed by atoms with van der Waals surface area (Å²) >= 11 is 0. The van der Waals surface area contributed by atoms with Crippen LogP contribution in [0.2, 0.25) is 0 Å². The molecule has 2 N–H and O–H groups in total. The molecule has 1 aromatic rings. The maximum Gasteiger partial charge on any atom is 0.306 e. The Balaban J connectivity index is 1.84. The first-order valence-corrected chi connectivity index (χ1v) is 7.08. The fourth-order valence-corrected chi connectivity index (χ4v) is 3.01. The highest BCUT2D eigenvalue weighted by Gasteiger charge is 2.32. The summed E-state index contributed by atoms with van der Waals surface area (Å²) in [7, 11) is 0. The van der Waals surface area contributed by atoms with E-state index in [4.69, 9.17) is 5.11 Å². The molecular formula is C14H23N3O2. The lowest BCUT2D eigenvalue weighted by atomic mass is 9.96. The van der Waals surface area contributed by atoms with Gasteiger partial charge in [0.1, 0.15) is 0 Å². The van der Waals surface area contributed by atoms with Crippen LogP contribution in [0, 0.1) is 18.8 Å². The van der Waals surface area contributed by atoms with Crippen LogP contribution in [0.15, 0.2) is 6.07 Å². The van der Waals surface area contributed by atoms with E-state index in [1.807, 2.05) is 11.6 Å². The molecule has 1 aliphatic rings. The molecule has 0 radical (unpaired) electrons. The maximum atomic E-state index is 11.1. The maximum absolute atomic E-state index is 11.1. The summed E-state index contributed by atoms with van der Waals surface area (Å²) in [6.07, 6.45) is 2.89. The van der Waals surface area contributed by atoms with Gasteiger partial charge in [0.15, 0.2) is 0 Å². The molecule has 2 unspecified atom stereocenters. The van der Waals surface area contributed by atoms with Gasteiger partial charge in [0.25, 0.3) is 0 Å². The van der Waals surface area contributed by atoms with Gasteiger partial charge in [0.05, 0.1) is 17.3 Å². The quantitative estimate of drug-likeness (QED) is 0.823. The Labute approximate surface area is 114 Å². The van der Waals surface area contributed by atoms with Crippen molar-refractivity contribution >= 4 is 5.97 Å². The van der Waals surface area contributed by atoms with Gasteiger partial charge in [-0.25, -0.2) is 0 Å². The lowest BCUT2D eigenvalue weighted by Crippen LogP contribution is -2.29. The first-order chi connectivity index (χ1) is 9.11. The van der Waals surface area contributed by atoms with E-state index in [0.29, 0.717) is 0 Å². The van der Waals surface area contributed by atoms with Crippen molar-refractivity contribution in [2.75, 3.05) is 6.54 Å². The molecule has 0 aromatic carbocycles. The number of carboxylic acids is 1. The third kappa shape index (κ3) is 3.35. The Morgan fingerprint density at radius 3 is 3.05 bits per heavy atom. The first kappa shape index (κ1) is 14.1. The Kier molecular flexibility index (Phi) is 4.58. The molecule has 0 saturated heterocycles. The van der Waals surface area contributed by atoms with Crippen molar-refractivity contribution in [2.45, 2.75) is 46.2 Å². The van der Waals surface area contributed by atoms with Crippen LogP contribution in [-0.2, 0) is 17.9 Å². The molecule has 5 heteroatoms. The van der Waals surface area contributed by atoms with Gasteiger partial charge in [-0.05, 0) is 45.2 Å². The van der Waals surface area contributed by atoms with Gasteiger partial charge in [0, 0.05) is 13.1 Å². The fraction of sp³-hybridized carbons (Fsp3) is 0.714. The number of aromatic nitrogens is 2. The molecule has 2 rings (SSSR count). The second-order valence-corrected chi connectivity index (χ2v) is 5.36. The topological polar surface area (TPSA) is 67.2 Å². The van der Waals surface area contributed by atoms with Crippen LogP contribution in [0.4, 0.5) is 0 Å². The third-order valence-electron chi connectivity index (χ3n) is 3.97. The normalized spacial score (nSPS) is 22.8. The van der Waals surface area contributed by atoms with E-state index in [2.05, 4.69) is 23.4 Å². The summed E-state index contributed by atoms with van der Waals surface area (Å²) < 4.78 is 1.99. The highest BCUT2D eigenvalue weighted by molar-refractivity contribution is 5.70. The third-order valence-corrected chi connectivity index (χ3v) is 3.97. The first-order valence-electron chi connectivity index (χ1n) is 7.08. The number of aryl methyl sites for hydroxylation is 2. The summed E-state index contributed by atoms with van der Waals surface area (Å²) in [6.45, 7) is 6.48. The SMILES string of the molecule is CCn1nc(C)cc1CNCC1CCCC1C(=O)O. The van der Waals surface area contributed by atoms with Crippen LogP contribution in [0.3, 0.4) is 0 Å². The standard InChI is InChI=1S/C14H23N3O2/c1-3-17-12(7-10(2)16-17)9-15-8-11-5-4-6-13(11)14(18)19/h7,11,13,15H,3-6,8-9H2,1-2H3,(H,18,19). The van der Waals surface area contributed by atoms with E-state index in [9.17, 15) is 4.79 Å². The summed E-state index contributed by atoms with van der Waals surface area (Å²) in [5.74, 6) is -0.527. The number of rotatable bonds is 6. The molecular weight excluding hydrogens is 242 g/mol. The summed E-state index contributed by atoms with van der Waals surface area (Å²) in [5.41, 5.74) is 2.20. The average Bonchev–Trinajstić information content (AvgIpc) is 2.96. The average molecular weight is 265 g/mol. The number of aliphatic carboxylic acids is 1. The van der Waals surface area contributed by atoms with Crippen molar-refractivity contribution in [2.24, 2.45) is 11.8 Å². The predicted molar refractivity (Wildman–Crippen MR) is 72.8 cm³/mol. The second-order valence-electron chi connectivity index (χ2n) is 5.36. The summed E-state index contributed by atoms with van der Waals surface area (Å²) in [5, 5.41) is 16.9. The monoisotopic (exact) mass is 265 g/mol. The van der Waals surface area contributed by atoms with E-state index in [1.54, 1.807) is 0 Å². The number of carbonyl (C=O) groups is 1. The fourth-order valence-electron chi connectivity index (χ4n) is 3.01. The van der Waals surface area contributed by atoms with Gasteiger partial charge in [-0.3, -0.25) is 9.48 Å². The van der Waals surface area contributed by atoms with Crippen molar-refractivity contribution in [3.05, 3.63) is 17.5 Å². The Bertz CT molecular complexity index is 442. The number of nitrogens with one attached hydrogen (secondary N) is 1. The van der Waals surface area contributed by atoms with Crippen molar-refractivity contribution in [1.29, 1.82) is 0 Å². The molecule has 0 spiro atoms. The smallest absolute Gasteiger partial charge is 0.306 e. The molecule has 5 nitrogen and oxygen atoms in total. The molecule has 106 valence electrons. The lowest BCUT2D eigenvalue weighted by molar-refractivity contribution is -0.142. The lowest BCUT2D eigenvalue weighted by Gasteiger charge is -2.16. The molecule has 1 saturated carbocycles. The molecule has 0 amide bonds. The zero-order chi connectivity index (χ0) is 13.8. The Morgan fingerprint density at radius 1 is 1.58 bits per heavy atom.